The molecule has 0 amide bonds. The first-order valence-corrected chi connectivity index (χ1v) is 5.34. The third-order valence-corrected chi connectivity index (χ3v) is 2.94. The van der Waals surface area contributed by atoms with Gasteiger partial charge in [0.15, 0.2) is 0 Å². The van der Waals surface area contributed by atoms with Crippen molar-refractivity contribution in [2.24, 2.45) is 0 Å². The Labute approximate surface area is 94.7 Å². The molecule has 0 unspecified atom stereocenters. The predicted molar refractivity (Wildman–Crippen MR) is 60.8 cm³/mol. The molecule has 3 nitrogen and oxygen atoms in total. The molecule has 0 saturated carbocycles. The van der Waals surface area contributed by atoms with Gasteiger partial charge in [0.1, 0.15) is 11.9 Å². The van der Waals surface area contributed by atoms with Gasteiger partial charge in [0, 0.05) is 31.9 Å². The number of anilines is 1. The van der Waals surface area contributed by atoms with Crippen LogP contribution >= 0.6 is 0 Å². The SMILES string of the molecule is CN1CCN(c2ccc(F)c(C#N)c2)CC1. The number of benzene rings is 1. The van der Waals surface area contributed by atoms with Gasteiger partial charge >= 0.3 is 0 Å². The van der Waals surface area contributed by atoms with Crippen LogP contribution < -0.4 is 4.90 Å². The Morgan fingerprint density at radius 2 is 1.94 bits per heavy atom. The highest BCUT2D eigenvalue weighted by molar-refractivity contribution is 5.52. The molecule has 4 heteroatoms. The summed E-state index contributed by atoms with van der Waals surface area (Å²) in [6.07, 6.45) is 0. The summed E-state index contributed by atoms with van der Waals surface area (Å²) in [6, 6.07) is 6.60. The summed E-state index contributed by atoms with van der Waals surface area (Å²) in [5, 5.41) is 8.77. The van der Waals surface area contributed by atoms with Gasteiger partial charge in [0.25, 0.3) is 0 Å². The van der Waals surface area contributed by atoms with Gasteiger partial charge in [-0.2, -0.15) is 5.26 Å². The highest BCUT2D eigenvalue weighted by atomic mass is 19.1. The summed E-state index contributed by atoms with van der Waals surface area (Å²) in [5.74, 6) is -0.444. The summed E-state index contributed by atoms with van der Waals surface area (Å²) in [7, 11) is 2.09. The Balaban J connectivity index is 2.18. The van der Waals surface area contributed by atoms with Crippen LogP contribution in [0.5, 0.6) is 0 Å². The van der Waals surface area contributed by atoms with Crippen molar-refractivity contribution in [3.05, 3.63) is 29.6 Å². The predicted octanol–water partition coefficient (Wildman–Crippen LogP) is 1.45. The zero-order chi connectivity index (χ0) is 11.5. The second kappa shape index (κ2) is 4.50. The molecule has 0 aromatic heterocycles. The van der Waals surface area contributed by atoms with E-state index < -0.39 is 5.82 Å². The van der Waals surface area contributed by atoms with Crippen molar-refractivity contribution in [1.82, 2.24) is 4.90 Å². The molecule has 84 valence electrons. The number of nitriles is 1. The molecule has 0 bridgehead atoms. The van der Waals surface area contributed by atoms with E-state index in [1.165, 1.54) is 6.07 Å². The molecule has 1 aliphatic heterocycles. The van der Waals surface area contributed by atoms with E-state index in [1.807, 2.05) is 6.07 Å². The molecule has 1 aromatic rings. The van der Waals surface area contributed by atoms with E-state index in [2.05, 4.69) is 16.8 Å². The van der Waals surface area contributed by atoms with Crippen molar-refractivity contribution >= 4 is 5.69 Å². The number of hydrogen-bond donors (Lipinski definition) is 0. The molecular formula is C12H14FN3. The number of halogens is 1. The van der Waals surface area contributed by atoms with Crippen LogP contribution in [0, 0.1) is 17.1 Å². The fourth-order valence-corrected chi connectivity index (χ4v) is 1.86. The largest absolute Gasteiger partial charge is 0.369 e. The summed E-state index contributed by atoms with van der Waals surface area (Å²) < 4.78 is 13.1. The molecule has 0 spiro atoms. The molecule has 0 radical (unpaired) electrons. The van der Waals surface area contributed by atoms with Gasteiger partial charge in [0.05, 0.1) is 5.56 Å². The number of piperazine rings is 1. The molecular weight excluding hydrogens is 205 g/mol. The van der Waals surface area contributed by atoms with Crippen LogP contribution in [-0.2, 0) is 0 Å². The molecule has 0 N–H and O–H groups in total. The van der Waals surface area contributed by atoms with E-state index >= 15 is 0 Å². The summed E-state index contributed by atoms with van der Waals surface area (Å²) in [6.45, 7) is 3.85. The smallest absolute Gasteiger partial charge is 0.141 e. The topological polar surface area (TPSA) is 30.3 Å². The second-order valence-electron chi connectivity index (χ2n) is 4.07. The van der Waals surface area contributed by atoms with Gasteiger partial charge in [-0.1, -0.05) is 0 Å². The van der Waals surface area contributed by atoms with Crippen molar-refractivity contribution in [2.45, 2.75) is 0 Å². The van der Waals surface area contributed by atoms with Crippen LogP contribution in [-0.4, -0.2) is 38.1 Å². The van der Waals surface area contributed by atoms with Gasteiger partial charge in [0.2, 0.25) is 0 Å². The van der Waals surface area contributed by atoms with E-state index in [0.29, 0.717) is 0 Å². The van der Waals surface area contributed by atoms with Gasteiger partial charge in [-0.25, -0.2) is 4.39 Å². The van der Waals surface area contributed by atoms with E-state index in [4.69, 9.17) is 5.26 Å². The van der Waals surface area contributed by atoms with E-state index in [-0.39, 0.29) is 5.56 Å². The number of nitrogens with zero attached hydrogens (tertiary/aromatic N) is 3. The van der Waals surface area contributed by atoms with Crippen LogP contribution in [0.15, 0.2) is 18.2 Å². The maximum absolute atomic E-state index is 13.1. The fourth-order valence-electron chi connectivity index (χ4n) is 1.86. The number of hydrogen-bond acceptors (Lipinski definition) is 3. The van der Waals surface area contributed by atoms with Crippen molar-refractivity contribution in [3.8, 4) is 6.07 Å². The quantitative estimate of drug-likeness (QED) is 0.716. The van der Waals surface area contributed by atoms with Gasteiger partial charge < -0.3 is 9.80 Å². The van der Waals surface area contributed by atoms with E-state index in [0.717, 1.165) is 31.9 Å². The van der Waals surface area contributed by atoms with Gasteiger partial charge in [-0.05, 0) is 25.2 Å². The molecule has 1 fully saturated rings. The third kappa shape index (κ3) is 2.15. The Morgan fingerprint density at radius 1 is 1.25 bits per heavy atom. The van der Waals surface area contributed by atoms with Crippen molar-refractivity contribution < 1.29 is 4.39 Å². The van der Waals surface area contributed by atoms with Crippen LogP contribution in [0.3, 0.4) is 0 Å². The lowest BCUT2D eigenvalue weighted by molar-refractivity contribution is 0.313. The lowest BCUT2D eigenvalue weighted by atomic mass is 10.1. The summed E-state index contributed by atoms with van der Waals surface area (Å²) in [4.78, 5) is 4.44. The Hall–Kier alpha value is -1.60. The van der Waals surface area contributed by atoms with Crippen molar-refractivity contribution in [1.29, 1.82) is 5.26 Å². The molecule has 2 rings (SSSR count). The van der Waals surface area contributed by atoms with Crippen molar-refractivity contribution in [3.63, 3.8) is 0 Å². The zero-order valence-corrected chi connectivity index (χ0v) is 9.28. The lowest BCUT2D eigenvalue weighted by Gasteiger charge is -2.34. The molecule has 1 heterocycles. The van der Waals surface area contributed by atoms with E-state index in [1.54, 1.807) is 12.1 Å². The first-order valence-electron chi connectivity index (χ1n) is 5.34. The zero-order valence-electron chi connectivity index (χ0n) is 9.28. The summed E-state index contributed by atoms with van der Waals surface area (Å²) >= 11 is 0. The van der Waals surface area contributed by atoms with E-state index in [9.17, 15) is 4.39 Å². The molecule has 0 aliphatic carbocycles. The first-order chi connectivity index (χ1) is 7.70. The maximum Gasteiger partial charge on any atom is 0.141 e. The minimum absolute atomic E-state index is 0.122. The summed E-state index contributed by atoms with van der Waals surface area (Å²) in [5.41, 5.74) is 1.06. The van der Waals surface area contributed by atoms with Crippen LogP contribution in [0.4, 0.5) is 10.1 Å². The third-order valence-electron chi connectivity index (χ3n) is 2.94. The Bertz CT molecular complexity index is 417. The minimum atomic E-state index is -0.444. The number of likely N-dealkylation sites (N-methyl/N-ethyl adjacent to an activating group) is 1. The second-order valence-corrected chi connectivity index (χ2v) is 4.07. The molecule has 0 atom stereocenters. The van der Waals surface area contributed by atoms with Crippen molar-refractivity contribution in [2.75, 3.05) is 38.1 Å². The minimum Gasteiger partial charge on any atom is -0.369 e. The highest BCUT2D eigenvalue weighted by Crippen LogP contribution is 2.19. The first kappa shape index (κ1) is 10.9. The highest BCUT2D eigenvalue weighted by Gasteiger charge is 2.15. The fraction of sp³-hybridized carbons (Fsp3) is 0.417. The van der Waals surface area contributed by atoms with Crippen LogP contribution in [0.25, 0.3) is 0 Å². The standard InChI is InChI=1S/C12H14FN3/c1-15-4-6-16(7-5-15)11-2-3-12(13)10(8-11)9-14/h2-3,8H,4-7H2,1H3. The molecule has 16 heavy (non-hydrogen) atoms. The van der Waals surface area contributed by atoms with Crippen LogP contribution in [0.2, 0.25) is 0 Å². The lowest BCUT2D eigenvalue weighted by Crippen LogP contribution is -2.44. The van der Waals surface area contributed by atoms with Gasteiger partial charge in [-0.3, -0.25) is 0 Å². The molecule has 1 aliphatic rings. The average molecular weight is 219 g/mol. The van der Waals surface area contributed by atoms with Gasteiger partial charge in [-0.15, -0.1) is 0 Å². The number of rotatable bonds is 1. The monoisotopic (exact) mass is 219 g/mol. The van der Waals surface area contributed by atoms with Crippen LogP contribution in [0.1, 0.15) is 5.56 Å². The Kier molecular flexibility index (Phi) is 3.07. The molecule has 1 saturated heterocycles. The Morgan fingerprint density at radius 3 is 2.56 bits per heavy atom. The normalized spacial score (nSPS) is 17.2. The maximum atomic E-state index is 13.1. The average Bonchev–Trinajstić information content (AvgIpc) is 2.31. The molecule has 1 aromatic carbocycles.